The highest BCUT2D eigenvalue weighted by molar-refractivity contribution is 5.85. The van der Waals surface area contributed by atoms with Crippen molar-refractivity contribution in [3.63, 3.8) is 0 Å². The lowest BCUT2D eigenvalue weighted by Crippen LogP contribution is -2.43. The highest BCUT2D eigenvalue weighted by Gasteiger charge is 2.37. The van der Waals surface area contributed by atoms with Crippen LogP contribution in [0, 0.1) is 6.92 Å². The molecule has 0 radical (unpaired) electrons. The Morgan fingerprint density at radius 3 is 2.91 bits per heavy atom. The molecule has 2 aromatic rings. The summed E-state index contributed by atoms with van der Waals surface area (Å²) in [7, 11) is 1.85. The molecular formula is C16H19N3O4. The topological polar surface area (TPSA) is 88.6 Å². The molecular weight excluding hydrogens is 298 g/mol. The van der Waals surface area contributed by atoms with Crippen molar-refractivity contribution in [1.29, 1.82) is 0 Å². The molecule has 0 fully saturated rings. The summed E-state index contributed by atoms with van der Waals surface area (Å²) in [6, 6.07) is 0.679. The average Bonchev–Trinajstić information content (AvgIpc) is 3.11. The lowest BCUT2D eigenvalue weighted by molar-refractivity contribution is -0.151. The van der Waals surface area contributed by atoms with E-state index >= 15 is 0 Å². The molecule has 7 heteroatoms. The van der Waals surface area contributed by atoms with Crippen molar-refractivity contribution in [2.75, 3.05) is 6.54 Å². The van der Waals surface area contributed by atoms with E-state index in [-0.39, 0.29) is 12.3 Å². The van der Waals surface area contributed by atoms with E-state index < -0.39 is 12.0 Å². The number of furan rings is 1. The van der Waals surface area contributed by atoms with Gasteiger partial charge in [0.1, 0.15) is 5.76 Å². The fourth-order valence-electron chi connectivity index (χ4n) is 3.03. The molecule has 1 aliphatic rings. The van der Waals surface area contributed by atoms with Crippen LogP contribution < -0.4 is 0 Å². The second kappa shape index (κ2) is 5.91. The van der Waals surface area contributed by atoms with Crippen LogP contribution in [0.3, 0.4) is 0 Å². The number of hydrogen-bond donors (Lipinski definition) is 1. The molecule has 1 atom stereocenters. The van der Waals surface area contributed by atoms with Crippen LogP contribution in [-0.4, -0.2) is 38.2 Å². The maximum atomic E-state index is 12.5. The van der Waals surface area contributed by atoms with Gasteiger partial charge in [0.15, 0.2) is 6.04 Å². The minimum absolute atomic E-state index is 0.160. The molecule has 0 aromatic carbocycles. The monoisotopic (exact) mass is 317 g/mol. The van der Waals surface area contributed by atoms with Gasteiger partial charge in [-0.3, -0.25) is 9.48 Å². The van der Waals surface area contributed by atoms with Crippen LogP contribution in [0.1, 0.15) is 35.0 Å². The molecule has 0 aliphatic carbocycles. The van der Waals surface area contributed by atoms with Crippen molar-refractivity contribution in [2.45, 2.75) is 32.2 Å². The van der Waals surface area contributed by atoms with E-state index in [2.05, 4.69) is 5.10 Å². The SMILES string of the molecule is Cc1c(CCC(=O)N2CCc3occc3C2C(=O)O)cnn1C. The van der Waals surface area contributed by atoms with Gasteiger partial charge in [-0.1, -0.05) is 0 Å². The van der Waals surface area contributed by atoms with Gasteiger partial charge >= 0.3 is 5.97 Å². The maximum Gasteiger partial charge on any atom is 0.331 e. The van der Waals surface area contributed by atoms with Crippen LogP contribution in [-0.2, 0) is 29.5 Å². The normalized spacial score (nSPS) is 17.1. The number of aliphatic carboxylic acids is 1. The summed E-state index contributed by atoms with van der Waals surface area (Å²) >= 11 is 0. The number of hydrogen-bond acceptors (Lipinski definition) is 4. The Morgan fingerprint density at radius 2 is 2.26 bits per heavy atom. The third-order valence-electron chi connectivity index (χ3n) is 4.47. The number of amides is 1. The minimum atomic E-state index is -1.03. The highest BCUT2D eigenvalue weighted by Crippen LogP contribution is 2.31. The Balaban J connectivity index is 1.74. The second-order valence-electron chi connectivity index (χ2n) is 5.76. The Kier molecular flexibility index (Phi) is 3.94. The molecule has 23 heavy (non-hydrogen) atoms. The molecule has 2 aromatic heterocycles. The Morgan fingerprint density at radius 1 is 1.48 bits per heavy atom. The molecule has 0 bridgehead atoms. The van der Waals surface area contributed by atoms with Gasteiger partial charge in [-0.25, -0.2) is 4.79 Å². The number of rotatable bonds is 4. The number of aromatic nitrogens is 2. The summed E-state index contributed by atoms with van der Waals surface area (Å²) in [4.78, 5) is 25.6. The predicted molar refractivity (Wildman–Crippen MR) is 80.8 cm³/mol. The Bertz CT molecular complexity index is 746. The second-order valence-corrected chi connectivity index (χ2v) is 5.76. The molecule has 0 saturated heterocycles. The fourth-order valence-corrected chi connectivity index (χ4v) is 3.03. The van der Waals surface area contributed by atoms with E-state index in [1.165, 1.54) is 11.2 Å². The average molecular weight is 317 g/mol. The van der Waals surface area contributed by atoms with Crippen LogP contribution in [0.2, 0.25) is 0 Å². The van der Waals surface area contributed by atoms with Crippen LogP contribution >= 0.6 is 0 Å². The standard InChI is InChI=1S/C16H19N3O4/c1-10-11(9-17-18(10)2)3-4-14(20)19-7-5-13-12(6-8-23-13)15(19)16(21)22/h6,8-9,15H,3-5,7H2,1-2H3,(H,21,22). The van der Waals surface area contributed by atoms with Gasteiger partial charge < -0.3 is 14.4 Å². The molecule has 7 nitrogen and oxygen atoms in total. The van der Waals surface area contributed by atoms with Gasteiger partial charge in [-0.05, 0) is 25.0 Å². The van der Waals surface area contributed by atoms with Gasteiger partial charge in [0, 0.05) is 37.7 Å². The van der Waals surface area contributed by atoms with Crippen molar-refractivity contribution >= 4 is 11.9 Å². The Labute approximate surface area is 133 Å². The summed E-state index contributed by atoms with van der Waals surface area (Å²) in [5.41, 5.74) is 2.60. The maximum absolute atomic E-state index is 12.5. The van der Waals surface area contributed by atoms with Crippen LogP contribution in [0.5, 0.6) is 0 Å². The molecule has 0 saturated carbocycles. The quantitative estimate of drug-likeness (QED) is 0.922. The van der Waals surface area contributed by atoms with Crippen molar-refractivity contribution in [3.8, 4) is 0 Å². The van der Waals surface area contributed by atoms with Crippen molar-refractivity contribution in [3.05, 3.63) is 41.1 Å². The summed E-state index contributed by atoms with van der Waals surface area (Å²) in [6.07, 6.45) is 4.60. The van der Waals surface area contributed by atoms with Crippen LogP contribution in [0.4, 0.5) is 0 Å². The predicted octanol–water partition coefficient (Wildman–Crippen LogP) is 1.46. The van der Waals surface area contributed by atoms with E-state index in [1.807, 2.05) is 14.0 Å². The first kappa shape index (κ1) is 15.3. The number of carboxylic acids is 1. The number of fused-ring (bicyclic) bond motifs is 1. The van der Waals surface area contributed by atoms with Crippen molar-refractivity contribution < 1.29 is 19.1 Å². The van der Waals surface area contributed by atoms with Crippen LogP contribution in [0.15, 0.2) is 22.9 Å². The summed E-state index contributed by atoms with van der Waals surface area (Å²) in [5.74, 6) is -0.532. The highest BCUT2D eigenvalue weighted by atomic mass is 16.4. The molecule has 0 spiro atoms. The number of carbonyl (C=O) groups excluding carboxylic acids is 1. The molecule has 3 heterocycles. The third-order valence-corrected chi connectivity index (χ3v) is 4.47. The van der Waals surface area contributed by atoms with Crippen molar-refractivity contribution in [1.82, 2.24) is 14.7 Å². The van der Waals surface area contributed by atoms with Gasteiger partial charge in [0.2, 0.25) is 5.91 Å². The molecule has 122 valence electrons. The van der Waals surface area contributed by atoms with Gasteiger partial charge in [-0.15, -0.1) is 0 Å². The molecule has 1 aliphatic heterocycles. The fraction of sp³-hybridized carbons (Fsp3) is 0.438. The van der Waals surface area contributed by atoms with Gasteiger partial charge in [0.05, 0.1) is 12.5 Å². The lowest BCUT2D eigenvalue weighted by atomic mass is 9.98. The van der Waals surface area contributed by atoms with Gasteiger partial charge in [-0.2, -0.15) is 5.10 Å². The van der Waals surface area contributed by atoms with Gasteiger partial charge in [0.25, 0.3) is 0 Å². The van der Waals surface area contributed by atoms with E-state index in [0.29, 0.717) is 30.7 Å². The number of nitrogens with zero attached hydrogens (tertiary/aromatic N) is 3. The molecule has 1 N–H and O–H groups in total. The lowest BCUT2D eigenvalue weighted by Gasteiger charge is -2.32. The number of aryl methyl sites for hydroxylation is 2. The van der Waals surface area contributed by atoms with Crippen LogP contribution in [0.25, 0.3) is 0 Å². The zero-order chi connectivity index (χ0) is 16.6. The zero-order valence-electron chi connectivity index (χ0n) is 13.2. The number of carbonyl (C=O) groups is 2. The molecule has 3 rings (SSSR count). The van der Waals surface area contributed by atoms with E-state index in [1.54, 1.807) is 16.9 Å². The smallest absolute Gasteiger partial charge is 0.331 e. The molecule has 1 amide bonds. The Hall–Kier alpha value is -2.57. The minimum Gasteiger partial charge on any atom is -0.479 e. The third kappa shape index (κ3) is 2.74. The first-order valence-electron chi connectivity index (χ1n) is 7.55. The first-order valence-corrected chi connectivity index (χ1v) is 7.55. The van der Waals surface area contributed by atoms with Crippen molar-refractivity contribution in [2.24, 2.45) is 7.05 Å². The largest absolute Gasteiger partial charge is 0.479 e. The summed E-state index contributed by atoms with van der Waals surface area (Å²) in [5, 5.41) is 13.7. The first-order chi connectivity index (χ1) is 11.0. The zero-order valence-corrected chi connectivity index (χ0v) is 13.2. The number of carboxylic acid groups (broad SMARTS) is 1. The van der Waals surface area contributed by atoms with E-state index in [9.17, 15) is 14.7 Å². The van der Waals surface area contributed by atoms with E-state index in [0.717, 1.165) is 11.3 Å². The van der Waals surface area contributed by atoms with E-state index in [4.69, 9.17) is 4.42 Å². The summed E-state index contributed by atoms with van der Waals surface area (Å²) in [6.45, 7) is 2.31. The summed E-state index contributed by atoms with van der Waals surface area (Å²) < 4.78 is 7.06. The molecule has 1 unspecified atom stereocenters.